The van der Waals surface area contributed by atoms with Crippen LogP contribution < -0.4 is 0 Å². The minimum absolute atomic E-state index is 0.167. The SMILES string of the molecule is O=C(O)c1ccncc1-c1occc1Br. The first kappa shape index (κ1) is 9.92. The van der Waals surface area contributed by atoms with Gasteiger partial charge in [0.05, 0.1) is 21.9 Å². The number of aromatic carboxylic acids is 1. The normalized spacial score (nSPS) is 10.2. The molecule has 2 aromatic heterocycles. The van der Waals surface area contributed by atoms with E-state index in [2.05, 4.69) is 20.9 Å². The fraction of sp³-hybridized carbons (Fsp3) is 0. The van der Waals surface area contributed by atoms with E-state index >= 15 is 0 Å². The monoisotopic (exact) mass is 267 g/mol. The first-order valence-electron chi connectivity index (χ1n) is 4.11. The van der Waals surface area contributed by atoms with Crippen molar-refractivity contribution in [3.8, 4) is 11.3 Å². The van der Waals surface area contributed by atoms with Gasteiger partial charge in [0.15, 0.2) is 0 Å². The molecule has 0 spiro atoms. The largest absolute Gasteiger partial charge is 0.478 e. The van der Waals surface area contributed by atoms with Crippen LogP contribution in [0.25, 0.3) is 11.3 Å². The van der Waals surface area contributed by atoms with E-state index in [9.17, 15) is 4.79 Å². The lowest BCUT2D eigenvalue weighted by atomic mass is 10.1. The molecule has 0 unspecified atom stereocenters. The van der Waals surface area contributed by atoms with Crippen LogP contribution in [0.15, 0.2) is 39.7 Å². The van der Waals surface area contributed by atoms with E-state index in [4.69, 9.17) is 9.52 Å². The van der Waals surface area contributed by atoms with E-state index in [1.807, 2.05) is 0 Å². The number of hydrogen-bond acceptors (Lipinski definition) is 3. The molecule has 2 aromatic rings. The summed E-state index contributed by atoms with van der Waals surface area (Å²) in [6, 6.07) is 3.14. The zero-order chi connectivity index (χ0) is 10.8. The molecule has 2 rings (SSSR count). The Hall–Kier alpha value is -1.62. The molecule has 0 aliphatic carbocycles. The Morgan fingerprint density at radius 3 is 2.87 bits per heavy atom. The smallest absolute Gasteiger partial charge is 0.336 e. The molecule has 5 heteroatoms. The number of carboxylic acids is 1. The van der Waals surface area contributed by atoms with Crippen LogP contribution in [0.5, 0.6) is 0 Å². The molecule has 76 valence electrons. The second kappa shape index (κ2) is 3.86. The Labute approximate surface area is 93.7 Å². The lowest BCUT2D eigenvalue weighted by Gasteiger charge is -2.01. The Kier molecular flexibility index (Phi) is 2.55. The van der Waals surface area contributed by atoms with E-state index in [0.29, 0.717) is 15.8 Å². The number of carboxylic acid groups (broad SMARTS) is 1. The summed E-state index contributed by atoms with van der Waals surface area (Å²) >= 11 is 3.27. The number of pyridine rings is 1. The summed E-state index contributed by atoms with van der Waals surface area (Å²) in [6.45, 7) is 0. The third-order valence-electron chi connectivity index (χ3n) is 1.91. The zero-order valence-electron chi connectivity index (χ0n) is 7.48. The minimum Gasteiger partial charge on any atom is -0.478 e. The maximum absolute atomic E-state index is 10.9. The Morgan fingerprint density at radius 2 is 2.27 bits per heavy atom. The van der Waals surface area contributed by atoms with Crippen LogP contribution in [0.2, 0.25) is 0 Å². The van der Waals surface area contributed by atoms with Gasteiger partial charge in [-0.3, -0.25) is 4.98 Å². The quantitative estimate of drug-likeness (QED) is 0.909. The van der Waals surface area contributed by atoms with Gasteiger partial charge in [0.1, 0.15) is 5.76 Å². The molecule has 0 radical (unpaired) electrons. The van der Waals surface area contributed by atoms with Gasteiger partial charge in [-0.25, -0.2) is 4.79 Å². The van der Waals surface area contributed by atoms with Crippen LogP contribution in [-0.2, 0) is 0 Å². The van der Waals surface area contributed by atoms with Crippen molar-refractivity contribution in [2.45, 2.75) is 0 Å². The van der Waals surface area contributed by atoms with Gasteiger partial charge in [-0.15, -0.1) is 0 Å². The van der Waals surface area contributed by atoms with Crippen molar-refractivity contribution in [3.05, 3.63) is 40.8 Å². The topological polar surface area (TPSA) is 63.3 Å². The summed E-state index contributed by atoms with van der Waals surface area (Å²) in [5.41, 5.74) is 0.627. The molecular formula is C10H6BrNO3. The van der Waals surface area contributed by atoms with Gasteiger partial charge in [-0.2, -0.15) is 0 Å². The summed E-state index contributed by atoms with van der Waals surface area (Å²) in [6.07, 6.45) is 4.38. The molecule has 0 bridgehead atoms. The van der Waals surface area contributed by atoms with Gasteiger partial charge >= 0.3 is 5.97 Å². The van der Waals surface area contributed by atoms with Crippen molar-refractivity contribution >= 4 is 21.9 Å². The fourth-order valence-corrected chi connectivity index (χ4v) is 1.66. The summed E-state index contributed by atoms with van der Waals surface area (Å²) in [5, 5.41) is 8.97. The number of carbonyl (C=O) groups is 1. The van der Waals surface area contributed by atoms with E-state index < -0.39 is 5.97 Å². The third kappa shape index (κ3) is 1.78. The van der Waals surface area contributed by atoms with Gasteiger partial charge in [0, 0.05) is 12.4 Å². The molecule has 0 aliphatic heterocycles. The lowest BCUT2D eigenvalue weighted by molar-refractivity contribution is 0.0697. The summed E-state index contributed by atoms with van der Waals surface area (Å²) in [7, 11) is 0. The van der Waals surface area contributed by atoms with Crippen molar-refractivity contribution in [3.63, 3.8) is 0 Å². The molecule has 2 heterocycles. The molecule has 0 saturated heterocycles. The predicted molar refractivity (Wildman–Crippen MR) is 56.6 cm³/mol. The first-order valence-corrected chi connectivity index (χ1v) is 4.90. The number of nitrogens with zero attached hydrogens (tertiary/aromatic N) is 1. The summed E-state index contributed by atoms with van der Waals surface area (Å²) in [5.74, 6) is -0.531. The number of rotatable bonds is 2. The second-order valence-corrected chi connectivity index (χ2v) is 3.68. The summed E-state index contributed by atoms with van der Waals surface area (Å²) < 4.78 is 5.90. The van der Waals surface area contributed by atoms with Crippen molar-refractivity contribution in [1.82, 2.24) is 4.98 Å². The van der Waals surface area contributed by atoms with E-state index in [1.165, 1.54) is 24.7 Å². The first-order chi connectivity index (χ1) is 7.20. The van der Waals surface area contributed by atoms with Gasteiger partial charge in [-0.1, -0.05) is 0 Å². The highest BCUT2D eigenvalue weighted by atomic mass is 79.9. The predicted octanol–water partition coefficient (Wildman–Crippen LogP) is 2.80. The maximum Gasteiger partial charge on any atom is 0.336 e. The van der Waals surface area contributed by atoms with Crippen LogP contribution in [0, 0.1) is 0 Å². The van der Waals surface area contributed by atoms with Crippen molar-refractivity contribution < 1.29 is 14.3 Å². The second-order valence-electron chi connectivity index (χ2n) is 2.82. The van der Waals surface area contributed by atoms with Crippen LogP contribution >= 0.6 is 15.9 Å². The molecule has 1 N–H and O–H groups in total. The van der Waals surface area contributed by atoms with Gasteiger partial charge in [-0.05, 0) is 28.1 Å². The number of hydrogen-bond donors (Lipinski definition) is 1. The third-order valence-corrected chi connectivity index (χ3v) is 2.54. The maximum atomic E-state index is 10.9. The minimum atomic E-state index is -1.00. The number of furan rings is 1. The van der Waals surface area contributed by atoms with Gasteiger partial charge in [0.25, 0.3) is 0 Å². The molecule has 0 saturated carbocycles. The fourth-order valence-electron chi connectivity index (χ4n) is 1.25. The Balaban J connectivity index is 2.63. The molecular weight excluding hydrogens is 262 g/mol. The molecule has 0 atom stereocenters. The highest BCUT2D eigenvalue weighted by molar-refractivity contribution is 9.10. The van der Waals surface area contributed by atoms with Gasteiger partial charge in [0.2, 0.25) is 0 Å². The van der Waals surface area contributed by atoms with Gasteiger partial charge < -0.3 is 9.52 Å². The Morgan fingerprint density at radius 1 is 1.47 bits per heavy atom. The average molecular weight is 268 g/mol. The Bertz CT molecular complexity index is 507. The molecule has 15 heavy (non-hydrogen) atoms. The molecule has 0 fully saturated rings. The van der Waals surface area contributed by atoms with Crippen LogP contribution in [0.3, 0.4) is 0 Å². The van der Waals surface area contributed by atoms with E-state index in [1.54, 1.807) is 6.07 Å². The average Bonchev–Trinajstić information content (AvgIpc) is 2.64. The molecule has 0 aromatic carbocycles. The highest BCUT2D eigenvalue weighted by Gasteiger charge is 2.15. The molecule has 4 nitrogen and oxygen atoms in total. The molecule has 0 aliphatic rings. The summed E-state index contributed by atoms with van der Waals surface area (Å²) in [4.78, 5) is 14.8. The van der Waals surface area contributed by atoms with Crippen molar-refractivity contribution in [1.29, 1.82) is 0 Å². The van der Waals surface area contributed by atoms with Crippen LogP contribution in [-0.4, -0.2) is 16.1 Å². The number of halogens is 1. The van der Waals surface area contributed by atoms with E-state index in [-0.39, 0.29) is 5.56 Å². The van der Waals surface area contributed by atoms with E-state index in [0.717, 1.165) is 0 Å². The highest BCUT2D eigenvalue weighted by Crippen LogP contribution is 2.30. The zero-order valence-corrected chi connectivity index (χ0v) is 9.06. The molecule has 0 amide bonds. The lowest BCUT2D eigenvalue weighted by Crippen LogP contribution is -1.99. The van der Waals surface area contributed by atoms with Crippen LogP contribution in [0.1, 0.15) is 10.4 Å². The standard InChI is InChI=1S/C10H6BrNO3/c11-8-2-4-15-9(8)7-5-12-3-1-6(7)10(13)14/h1-5H,(H,13,14). The van der Waals surface area contributed by atoms with Crippen LogP contribution in [0.4, 0.5) is 0 Å². The van der Waals surface area contributed by atoms with Crippen molar-refractivity contribution in [2.75, 3.05) is 0 Å². The number of aromatic nitrogens is 1. The van der Waals surface area contributed by atoms with Crippen molar-refractivity contribution in [2.24, 2.45) is 0 Å².